The Labute approximate surface area is 125 Å². The zero-order valence-corrected chi connectivity index (χ0v) is 12.9. The number of benzene rings is 1. The predicted octanol–water partition coefficient (Wildman–Crippen LogP) is 5.12. The summed E-state index contributed by atoms with van der Waals surface area (Å²) in [4.78, 5) is 4.32. The van der Waals surface area contributed by atoms with Crippen molar-refractivity contribution in [2.45, 2.75) is 19.9 Å². The first-order valence-corrected chi connectivity index (χ1v) is 6.99. The van der Waals surface area contributed by atoms with Crippen LogP contribution in [0.15, 0.2) is 34.9 Å². The standard InChI is InChI=1S/C14H13BrClFN2/c1-8(10-3-4-12(17)11(16)7-10)18-13-5-6-14(15)19-9(13)2/h3-8,18H,1-2H3. The summed E-state index contributed by atoms with van der Waals surface area (Å²) in [6.07, 6.45) is 0. The van der Waals surface area contributed by atoms with Gasteiger partial charge in [0.25, 0.3) is 0 Å². The number of rotatable bonds is 3. The minimum Gasteiger partial charge on any atom is -0.377 e. The van der Waals surface area contributed by atoms with Gasteiger partial charge in [0.1, 0.15) is 10.4 Å². The number of aryl methyl sites for hydroxylation is 1. The van der Waals surface area contributed by atoms with E-state index in [4.69, 9.17) is 11.6 Å². The van der Waals surface area contributed by atoms with Gasteiger partial charge >= 0.3 is 0 Å². The topological polar surface area (TPSA) is 24.9 Å². The molecule has 2 aromatic rings. The summed E-state index contributed by atoms with van der Waals surface area (Å²) in [5, 5.41) is 3.47. The number of pyridine rings is 1. The van der Waals surface area contributed by atoms with Gasteiger partial charge in [0.15, 0.2) is 0 Å². The zero-order valence-electron chi connectivity index (χ0n) is 10.5. The largest absolute Gasteiger partial charge is 0.377 e. The molecule has 1 aromatic carbocycles. The lowest BCUT2D eigenvalue weighted by Gasteiger charge is -2.17. The van der Waals surface area contributed by atoms with Crippen LogP contribution in [0.5, 0.6) is 0 Å². The number of nitrogens with one attached hydrogen (secondary N) is 1. The van der Waals surface area contributed by atoms with E-state index in [1.807, 2.05) is 26.0 Å². The predicted molar refractivity (Wildman–Crippen MR) is 80.1 cm³/mol. The molecule has 2 nitrogen and oxygen atoms in total. The van der Waals surface area contributed by atoms with Gasteiger partial charge in [-0.1, -0.05) is 17.7 Å². The molecule has 1 unspecified atom stereocenters. The average molecular weight is 344 g/mol. The van der Waals surface area contributed by atoms with Crippen molar-refractivity contribution in [1.29, 1.82) is 0 Å². The Morgan fingerprint density at radius 2 is 2.05 bits per heavy atom. The SMILES string of the molecule is Cc1nc(Br)ccc1NC(C)c1ccc(F)c(Cl)c1. The molecule has 0 saturated carbocycles. The molecule has 1 N–H and O–H groups in total. The Balaban J connectivity index is 2.20. The molecule has 0 saturated heterocycles. The van der Waals surface area contributed by atoms with Crippen molar-refractivity contribution in [3.05, 3.63) is 57.0 Å². The Bertz CT molecular complexity index is 604. The van der Waals surface area contributed by atoms with Gasteiger partial charge in [-0.05, 0) is 59.6 Å². The van der Waals surface area contributed by atoms with Crippen molar-refractivity contribution >= 4 is 33.2 Å². The second kappa shape index (κ2) is 5.88. The minimum absolute atomic E-state index is 0.0137. The number of hydrogen-bond donors (Lipinski definition) is 1. The van der Waals surface area contributed by atoms with Crippen molar-refractivity contribution < 1.29 is 4.39 Å². The van der Waals surface area contributed by atoms with Crippen LogP contribution in [0.2, 0.25) is 5.02 Å². The maximum Gasteiger partial charge on any atom is 0.141 e. The highest BCUT2D eigenvalue weighted by molar-refractivity contribution is 9.10. The van der Waals surface area contributed by atoms with E-state index in [9.17, 15) is 4.39 Å². The second-order valence-corrected chi connectivity index (χ2v) is 5.53. The number of anilines is 1. The molecule has 1 atom stereocenters. The van der Waals surface area contributed by atoms with Crippen molar-refractivity contribution in [2.75, 3.05) is 5.32 Å². The van der Waals surface area contributed by atoms with Crippen molar-refractivity contribution in [2.24, 2.45) is 0 Å². The summed E-state index contributed by atoms with van der Waals surface area (Å²) in [6.45, 7) is 3.92. The van der Waals surface area contributed by atoms with Gasteiger partial charge in [0.05, 0.1) is 16.4 Å². The van der Waals surface area contributed by atoms with Gasteiger partial charge in [-0.2, -0.15) is 0 Å². The highest BCUT2D eigenvalue weighted by atomic mass is 79.9. The fourth-order valence-corrected chi connectivity index (χ4v) is 2.37. The second-order valence-electron chi connectivity index (χ2n) is 4.31. The summed E-state index contributed by atoms with van der Waals surface area (Å²) in [5.41, 5.74) is 2.76. The highest BCUT2D eigenvalue weighted by Gasteiger charge is 2.10. The number of nitrogens with zero attached hydrogens (tertiary/aromatic N) is 1. The van der Waals surface area contributed by atoms with Gasteiger partial charge in [0, 0.05) is 6.04 Å². The Morgan fingerprint density at radius 3 is 2.68 bits per heavy atom. The van der Waals surface area contributed by atoms with Crippen molar-refractivity contribution in [3.8, 4) is 0 Å². The molecular weight excluding hydrogens is 331 g/mol. The first kappa shape index (κ1) is 14.3. The lowest BCUT2D eigenvalue weighted by Crippen LogP contribution is -2.08. The van der Waals surface area contributed by atoms with Gasteiger partial charge in [-0.15, -0.1) is 0 Å². The molecule has 2 rings (SSSR count). The molecule has 0 amide bonds. The lowest BCUT2D eigenvalue weighted by molar-refractivity contribution is 0.627. The Morgan fingerprint density at radius 1 is 1.32 bits per heavy atom. The fourth-order valence-electron chi connectivity index (χ4n) is 1.78. The third-order valence-corrected chi connectivity index (χ3v) is 3.60. The average Bonchev–Trinajstić information content (AvgIpc) is 2.36. The van der Waals surface area contributed by atoms with Crippen LogP contribution in [0.1, 0.15) is 24.2 Å². The normalized spacial score (nSPS) is 12.3. The minimum atomic E-state index is -0.404. The van der Waals surface area contributed by atoms with Crippen LogP contribution in [-0.4, -0.2) is 4.98 Å². The molecule has 0 bridgehead atoms. The maximum atomic E-state index is 13.1. The van der Waals surface area contributed by atoms with Crippen LogP contribution >= 0.6 is 27.5 Å². The molecule has 0 radical (unpaired) electrons. The van der Waals surface area contributed by atoms with E-state index in [1.165, 1.54) is 6.07 Å². The van der Waals surface area contributed by atoms with Crippen LogP contribution in [-0.2, 0) is 0 Å². The maximum absolute atomic E-state index is 13.1. The number of aromatic nitrogens is 1. The smallest absolute Gasteiger partial charge is 0.141 e. The summed E-state index contributed by atoms with van der Waals surface area (Å²) in [7, 11) is 0. The summed E-state index contributed by atoms with van der Waals surface area (Å²) < 4.78 is 13.9. The molecule has 1 heterocycles. The van der Waals surface area contributed by atoms with Gasteiger partial charge in [-0.3, -0.25) is 0 Å². The van der Waals surface area contributed by atoms with Gasteiger partial charge < -0.3 is 5.32 Å². The van der Waals surface area contributed by atoms with E-state index < -0.39 is 5.82 Å². The fraction of sp³-hybridized carbons (Fsp3) is 0.214. The molecule has 19 heavy (non-hydrogen) atoms. The number of halogens is 3. The van der Waals surface area contributed by atoms with Crippen LogP contribution in [0.3, 0.4) is 0 Å². The van der Waals surface area contributed by atoms with E-state index in [-0.39, 0.29) is 11.1 Å². The molecule has 0 aliphatic heterocycles. The first-order valence-electron chi connectivity index (χ1n) is 5.82. The van der Waals surface area contributed by atoms with E-state index in [0.717, 1.165) is 21.5 Å². The molecule has 0 aliphatic rings. The molecule has 0 spiro atoms. The Hall–Kier alpha value is -1.13. The first-order chi connectivity index (χ1) is 8.97. The van der Waals surface area contributed by atoms with Crippen molar-refractivity contribution in [3.63, 3.8) is 0 Å². The molecule has 100 valence electrons. The van der Waals surface area contributed by atoms with Crippen molar-refractivity contribution in [1.82, 2.24) is 4.98 Å². The summed E-state index contributed by atoms with van der Waals surface area (Å²) in [5.74, 6) is -0.404. The highest BCUT2D eigenvalue weighted by Crippen LogP contribution is 2.25. The zero-order chi connectivity index (χ0) is 14.0. The molecular formula is C14H13BrClFN2. The van der Waals surface area contributed by atoms with Crippen LogP contribution < -0.4 is 5.32 Å². The third kappa shape index (κ3) is 3.45. The van der Waals surface area contributed by atoms with Crippen LogP contribution in [0.4, 0.5) is 10.1 Å². The summed E-state index contributed by atoms with van der Waals surface area (Å²) in [6, 6.07) is 8.58. The third-order valence-electron chi connectivity index (χ3n) is 2.87. The van der Waals surface area contributed by atoms with E-state index in [0.29, 0.717) is 0 Å². The summed E-state index contributed by atoms with van der Waals surface area (Å²) >= 11 is 9.12. The van der Waals surface area contributed by atoms with Gasteiger partial charge in [0.2, 0.25) is 0 Å². The van der Waals surface area contributed by atoms with Gasteiger partial charge in [-0.25, -0.2) is 9.37 Å². The van der Waals surface area contributed by atoms with E-state index in [1.54, 1.807) is 12.1 Å². The molecule has 0 fully saturated rings. The lowest BCUT2D eigenvalue weighted by atomic mass is 10.1. The number of hydrogen-bond acceptors (Lipinski definition) is 2. The molecule has 0 aliphatic carbocycles. The van der Waals surface area contributed by atoms with Crippen LogP contribution in [0, 0.1) is 12.7 Å². The van der Waals surface area contributed by atoms with E-state index >= 15 is 0 Å². The monoisotopic (exact) mass is 342 g/mol. The quantitative estimate of drug-likeness (QED) is 0.783. The van der Waals surface area contributed by atoms with E-state index in [2.05, 4.69) is 26.2 Å². The molecule has 1 aromatic heterocycles. The molecule has 5 heteroatoms. The Kier molecular flexibility index (Phi) is 4.42. The van der Waals surface area contributed by atoms with Crippen LogP contribution in [0.25, 0.3) is 0 Å².